The van der Waals surface area contributed by atoms with Gasteiger partial charge in [-0.15, -0.1) is 0 Å². The van der Waals surface area contributed by atoms with Gasteiger partial charge in [-0.2, -0.15) is 0 Å². The fraction of sp³-hybridized carbons (Fsp3) is 0.0769. The van der Waals surface area contributed by atoms with E-state index in [1.54, 1.807) is 14.2 Å². The Balaban J connectivity index is 1.67. The number of nitrogens with one attached hydrogen (secondary N) is 2. The number of anilines is 4. The van der Waals surface area contributed by atoms with Crippen molar-refractivity contribution >= 4 is 59.3 Å². The van der Waals surface area contributed by atoms with Crippen LogP contribution in [0.15, 0.2) is 109 Å². The van der Waals surface area contributed by atoms with Crippen molar-refractivity contribution in [3.05, 3.63) is 109 Å². The Morgan fingerprint density at radius 3 is 1.17 bits per heavy atom. The molecule has 0 spiro atoms. The first-order valence-electron chi connectivity index (χ1n) is 11.2. The predicted octanol–water partition coefficient (Wildman–Crippen LogP) is 7.70. The molecular formula is C26H26N4O2P2S2. The third-order valence-electron chi connectivity index (χ3n) is 5.73. The molecule has 184 valence electrons. The molecular weight excluding hydrogens is 526 g/mol. The van der Waals surface area contributed by atoms with Gasteiger partial charge in [0.25, 0.3) is 0 Å². The Kier molecular flexibility index (Phi) is 6.96. The van der Waals surface area contributed by atoms with Crippen LogP contribution >= 0.6 is 13.0 Å². The van der Waals surface area contributed by atoms with Crippen LogP contribution in [0.4, 0.5) is 22.7 Å². The number of para-hydroxylation sites is 2. The Hall–Kier alpha value is -3.02. The molecule has 0 amide bonds. The van der Waals surface area contributed by atoms with Gasteiger partial charge in [0, 0.05) is 11.4 Å². The third kappa shape index (κ3) is 4.46. The zero-order chi connectivity index (χ0) is 25.2. The molecule has 1 aliphatic heterocycles. The molecule has 2 N–H and O–H groups in total. The van der Waals surface area contributed by atoms with Gasteiger partial charge in [0.05, 0.1) is 25.6 Å². The van der Waals surface area contributed by atoms with Crippen LogP contribution in [0.1, 0.15) is 0 Å². The molecule has 6 nitrogen and oxygen atoms in total. The number of hydrogen-bond donors (Lipinski definition) is 2. The lowest BCUT2D eigenvalue weighted by Gasteiger charge is -2.62. The van der Waals surface area contributed by atoms with E-state index in [4.69, 9.17) is 33.1 Å². The van der Waals surface area contributed by atoms with E-state index in [9.17, 15) is 0 Å². The first-order chi connectivity index (χ1) is 17.5. The van der Waals surface area contributed by atoms with E-state index in [0.717, 1.165) is 34.2 Å². The first kappa shape index (κ1) is 24.7. The average Bonchev–Trinajstić information content (AvgIpc) is 2.90. The monoisotopic (exact) mass is 552 g/mol. The van der Waals surface area contributed by atoms with Gasteiger partial charge in [0.15, 0.2) is 0 Å². The third-order valence-corrected chi connectivity index (χ3v) is 16.9. The summed E-state index contributed by atoms with van der Waals surface area (Å²) >= 11 is 13.0. The van der Waals surface area contributed by atoms with Gasteiger partial charge < -0.3 is 19.6 Å². The standard InChI is InChI=1S/C26H26N4O2P2S2/c1-31-25-17-13-23(14-18-25)29-33(35,27-21-9-5-3-6-10-21)30(24-15-19-26(32-2)20-16-24)34(29,36)28-22-11-7-4-8-12-22/h3-20H,1-2H3,(H,27,35)(H,28,36). The van der Waals surface area contributed by atoms with E-state index in [0.29, 0.717) is 0 Å². The van der Waals surface area contributed by atoms with E-state index in [2.05, 4.69) is 19.1 Å². The molecule has 0 aliphatic carbocycles. The van der Waals surface area contributed by atoms with Gasteiger partial charge in [0.1, 0.15) is 11.5 Å². The molecule has 0 saturated carbocycles. The van der Waals surface area contributed by atoms with E-state index in [1.165, 1.54) is 0 Å². The molecule has 4 aromatic carbocycles. The maximum absolute atomic E-state index is 6.52. The molecule has 0 radical (unpaired) electrons. The van der Waals surface area contributed by atoms with Gasteiger partial charge in [-0.1, -0.05) is 36.4 Å². The zero-order valence-electron chi connectivity index (χ0n) is 19.8. The smallest absolute Gasteiger partial charge is 0.229 e. The molecule has 1 fully saturated rings. The lowest BCUT2D eigenvalue weighted by Crippen LogP contribution is -2.48. The van der Waals surface area contributed by atoms with Crippen molar-refractivity contribution in [3.63, 3.8) is 0 Å². The molecule has 36 heavy (non-hydrogen) atoms. The topological polar surface area (TPSA) is 49.0 Å². The fourth-order valence-electron chi connectivity index (χ4n) is 4.07. The highest BCUT2D eigenvalue weighted by Crippen LogP contribution is 2.86. The Bertz CT molecular complexity index is 1300. The molecule has 1 saturated heterocycles. The molecule has 1 heterocycles. The van der Waals surface area contributed by atoms with Crippen molar-refractivity contribution in [1.82, 2.24) is 0 Å². The molecule has 0 unspecified atom stereocenters. The minimum atomic E-state index is -2.63. The van der Waals surface area contributed by atoms with Gasteiger partial charge in [-0.3, -0.25) is 8.88 Å². The van der Waals surface area contributed by atoms with Crippen molar-refractivity contribution in [2.24, 2.45) is 0 Å². The summed E-state index contributed by atoms with van der Waals surface area (Å²) < 4.78 is 15.2. The largest absolute Gasteiger partial charge is 0.497 e. The molecule has 0 bridgehead atoms. The van der Waals surface area contributed by atoms with Crippen LogP contribution in [0.5, 0.6) is 11.5 Å². The van der Waals surface area contributed by atoms with E-state index >= 15 is 0 Å². The van der Waals surface area contributed by atoms with E-state index in [1.807, 2.05) is 109 Å². The van der Waals surface area contributed by atoms with Crippen molar-refractivity contribution in [3.8, 4) is 11.5 Å². The van der Waals surface area contributed by atoms with Crippen LogP contribution in [0.25, 0.3) is 0 Å². The van der Waals surface area contributed by atoms with Crippen LogP contribution in [-0.2, 0) is 23.6 Å². The maximum atomic E-state index is 6.52. The van der Waals surface area contributed by atoms with Gasteiger partial charge in [0.2, 0.25) is 13.0 Å². The molecule has 1 aliphatic rings. The molecule has 0 atom stereocenters. The van der Waals surface area contributed by atoms with Crippen LogP contribution in [-0.4, -0.2) is 14.2 Å². The maximum Gasteiger partial charge on any atom is 0.229 e. The second-order valence-electron chi connectivity index (χ2n) is 8.02. The zero-order valence-corrected chi connectivity index (χ0v) is 23.2. The van der Waals surface area contributed by atoms with Crippen LogP contribution in [0, 0.1) is 0 Å². The summed E-state index contributed by atoms with van der Waals surface area (Å²) in [6.45, 7) is -5.27. The lowest BCUT2D eigenvalue weighted by molar-refractivity contribution is 0.415. The van der Waals surface area contributed by atoms with Crippen molar-refractivity contribution in [1.29, 1.82) is 0 Å². The Labute approximate surface area is 222 Å². The van der Waals surface area contributed by atoms with Crippen LogP contribution in [0.2, 0.25) is 0 Å². The first-order valence-corrected chi connectivity index (χ1v) is 16.7. The molecule has 0 aromatic heterocycles. The fourth-order valence-corrected chi connectivity index (χ4v) is 17.5. The Morgan fingerprint density at radius 1 is 0.528 bits per heavy atom. The highest BCUT2D eigenvalue weighted by Gasteiger charge is 2.58. The molecule has 10 heteroatoms. The second kappa shape index (κ2) is 10.2. The summed E-state index contributed by atoms with van der Waals surface area (Å²) in [5, 5.41) is 7.37. The summed E-state index contributed by atoms with van der Waals surface area (Å²) in [6, 6.07) is 35.9. The summed E-state index contributed by atoms with van der Waals surface area (Å²) in [7, 11) is 3.32. The summed E-state index contributed by atoms with van der Waals surface area (Å²) in [6.07, 6.45) is 0. The van der Waals surface area contributed by atoms with Crippen molar-refractivity contribution in [2.75, 3.05) is 33.3 Å². The van der Waals surface area contributed by atoms with Crippen LogP contribution in [0.3, 0.4) is 0 Å². The SMILES string of the molecule is COc1ccc(N2P(=S)(Nc3ccccc3)N(c3ccc(OC)cc3)P2(=S)Nc2ccccc2)cc1. The molecule has 4 aromatic rings. The molecule has 5 rings (SSSR count). The highest BCUT2D eigenvalue weighted by molar-refractivity contribution is 8.37. The van der Waals surface area contributed by atoms with E-state index < -0.39 is 13.0 Å². The highest BCUT2D eigenvalue weighted by atomic mass is 32.5. The van der Waals surface area contributed by atoms with Crippen molar-refractivity contribution < 1.29 is 9.47 Å². The van der Waals surface area contributed by atoms with Gasteiger partial charge in [-0.25, -0.2) is 0 Å². The quantitative estimate of drug-likeness (QED) is 0.216. The number of nitrogens with zero attached hydrogens (tertiary/aromatic N) is 2. The number of rotatable bonds is 8. The number of benzene rings is 4. The van der Waals surface area contributed by atoms with Crippen molar-refractivity contribution in [2.45, 2.75) is 0 Å². The minimum absolute atomic E-state index is 0.778. The Morgan fingerprint density at radius 2 is 0.861 bits per heavy atom. The lowest BCUT2D eigenvalue weighted by atomic mass is 10.3. The normalized spacial score (nSPS) is 20.8. The minimum Gasteiger partial charge on any atom is -0.497 e. The number of methoxy groups -OCH3 is 2. The second-order valence-corrected chi connectivity index (χ2v) is 15.9. The number of hydrogen-bond acceptors (Lipinski definition) is 4. The van der Waals surface area contributed by atoms with Gasteiger partial charge in [-0.05, 0) is 96.4 Å². The number of ether oxygens (including phenoxy) is 2. The summed E-state index contributed by atoms with van der Waals surface area (Å²) in [5.74, 6) is 1.56. The summed E-state index contributed by atoms with van der Waals surface area (Å²) in [4.78, 5) is 0. The van der Waals surface area contributed by atoms with Crippen LogP contribution < -0.4 is 28.5 Å². The summed E-state index contributed by atoms with van der Waals surface area (Å²) in [5.41, 5.74) is 3.77. The average molecular weight is 553 g/mol. The van der Waals surface area contributed by atoms with E-state index in [-0.39, 0.29) is 0 Å². The predicted molar refractivity (Wildman–Crippen MR) is 160 cm³/mol. The van der Waals surface area contributed by atoms with Gasteiger partial charge >= 0.3 is 0 Å².